The van der Waals surface area contributed by atoms with E-state index in [0.29, 0.717) is 36.5 Å². The summed E-state index contributed by atoms with van der Waals surface area (Å²) in [6.45, 7) is 0.963. The fraction of sp³-hybridized carbons (Fsp3) is 0.250. The van der Waals surface area contributed by atoms with Crippen molar-refractivity contribution in [1.29, 1.82) is 0 Å². The van der Waals surface area contributed by atoms with Crippen LogP contribution in [0.1, 0.15) is 6.42 Å². The molecule has 5 rings (SSSR count). The van der Waals surface area contributed by atoms with E-state index in [2.05, 4.69) is 20.5 Å². The zero-order valence-corrected chi connectivity index (χ0v) is 15.6. The Morgan fingerprint density at radius 1 is 1.18 bits per heavy atom. The number of aromatic nitrogens is 3. The molecule has 2 N–H and O–H groups in total. The molecule has 1 aromatic carbocycles. The van der Waals surface area contributed by atoms with Crippen LogP contribution in [0.3, 0.4) is 0 Å². The summed E-state index contributed by atoms with van der Waals surface area (Å²) in [5.74, 6) is 0.351. The summed E-state index contributed by atoms with van der Waals surface area (Å²) in [7, 11) is 0. The van der Waals surface area contributed by atoms with Gasteiger partial charge < -0.3 is 15.2 Å². The van der Waals surface area contributed by atoms with E-state index in [4.69, 9.17) is 4.74 Å². The van der Waals surface area contributed by atoms with E-state index in [1.807, 2.05) is 18.2 Å². The van der Waals surface area contributed by atoms with Crippen molar-refractivity contribution < 1.29 is 14.2 Å². The minimum atomic E-state index is -0.502. The van der Waals surface area contributed by atoms with Crippen LogP contribution in [0.4, 0.5) is 10.2 Å². The smallest absolute Gasteiger partial charge is 0.158 e. The predicted molar refractivity (Wildman–Crippen MR) is 107 cm³/mol. The third-order valence-electron chi connectivity index (χ3n) is 5.02. The summed E-state index contributed by atoms with van der Waals surface area (Å²) < 4.78 is 20.1. The number of nitrogens with one attached hydrogen (secondary N) is 1. The summed E-state index contributed by atoms with van der Waals surface area (Å²) in [6.07, 6.45) is 3.52. The van der Waals surface area contributed by atoms with Crippen LogP contribution in [0, 0.1) is 5.82 Å². The molecule has 3 aromatic heterocycles. The second kappa shape index (κ2) is 7.05. The average Bonchev–Trinajstić information content (AvgIpc) is 3.10. The van der Waals surface area contributed by atoms with Crippen molar-refractivity contribution >= 4 is 38.0 Å². The topological polar surface area (TPSA) is 80.2 Å². The molecule has 8 heteroatoms. The van der Waals surface area contributed by atoms with Gasteiger partial charge in [0.05, 0.1) is 18.8 Å². The van der Waals surface area contributed by atoms with Crippen LogP contribution in [-0.4, -0.2) is 45.6 Å². The Balaban J connectivity index is 1.58. The Kier molecular flexibility index (Phi) is 4.38. The van der Waals surface area contributed by atoms with E-state index in [1.165, 1.54) is 16.7 Å². The molecule has 0 amide bonds. The van der Waals surface area contributed by atoms with Gasteiger partial charge in [-0.1, -0.05) is 6.07 Å². The molecule has 1 aliphatic heterocycles. The maximum absolute atomic E-state index is 13.8. The monoisotopic (exact) mass is 396 g/mol. The summed E-state index contributed by atoms with van der Waals surface area (Å²) >= 11 is 1.37. The largest absolute Gasteiger partial charge is 0.391 e. The van der Waals surface area contributed by atoms with Crippen molar-refractivity contribution in [2.45, 2.75) is 18.6 Å². The lowest BCUT2D eigenvalue weighted by Crippen LogP contribution is -2.42. The second-order valence-electron chi connectivity index (χ2n) is 6.79. The molecule has 0 bridgehead atoms. The average molecular weight is 396 g/mol. The summed E-state index contributed by atoms with van der Waals surface area (Å²) in [5, 5.41) is 26.0. The fourth-order valence-electron chi connectivity index (χ4n) is 3.50. The first-order chi connectivity index (χ1) is 13.7. The van der Waals surface area contributed by atoms with E-state index < -0.39 is 6.10 Å². The lowest BCUT2D eigenvalue weighted by Gasteiger charge is -2.29. The number of rotatable bonds is 3. The third-order valence-corrected chi connectivity index (χ3v) is 5.94. The highest BCUT2D eigenvalue weighted by atomic mass is 32.1. The number of fused-ring (bicyclic) bond motifs is 2. The van der Waals surface area contributed by atoms with Crippen LogP contribution in [0.15, 0.2) is 42.0 Å². The van der Waals surface area contributed by atoms with Gasteiger partial charge in [0.15, 0.2) is 5.82 Å². The van der Waals surface area contributed by atoms with Crippen molar-refractivity contribution in [1.82, 2.24) is 15.2 Å². The lowest BCUT2D eigenvalue weighted by atomic mass is 10.0. The number of pyridine rings is 1. The molecule has 28 heavy (non-hydrogen) atoms. The Morgan fingerprint density at radius 3 is 3.00 bits per heavy atom. The van der Waals surface area contributed by atoms with Crippen LogP contribution < -0.4 is 5.32 Å². The SMILES string of the molecule is O[C@@H]1CCOC[C@H]1Nc1nnc(-c2ccc3c(F)csc3c2)c2ccncc12. The number of hydrogen-bond donors (Lipinski definition) is 2. The molecule has 1 fully saturated rings. The zero-order valence-electron chi connectivity index (χ0n) is 14.8. The number of nitrogens with zero attached hydrogens (tertiary/aromatic N) is 3. The number of ether oxygens (including phenoxy) is 1. The van der Waals surface area contributed by atoms with Gasteiger partial charge in [-0.15, -0.1) is 21.5 Å². The lowest BCUT2D eigenvalue weighted by molar-refractivity contribution is 0.00307. The van der Waals surface area contributed by atoms with Gasteiger partial charge >= 0.3 is 0 Å². The number of thiophene rings is 1. The van der Waals surface area contributed by atoms with Gasteiger partial charge in [-0.3, -0.25) is 4.98 Å². The molecule has 142 valence electrons. The van der Waals surface area contributed by atoms with Crippen molar-refractivity contribution in [3.05, 3.63) is 47.9 Å². The number of halogens is 1. The van der Waals surface area contributed by atoms with Gasteiger partial charge in [-0.2, -0.15) is 0 Å². The number of benzene rings is 1. The van der Waals surface area contributed by atoms with Crippen molar-refractivity contribution in [3.8, 4) is 11.3 Å². The van der Waals surface area contributed by atoms with Crippen molar-refractivity contribution in [2.24, 2.45) is 0 Å². The molecule has 1 saturated heterocycles. The van der Waals surface area contributed by atoms with Gasteiger partial charge in [-0.05, 0) is 24.6 Å². The highest BCUT2D eigenvalue weighted by molar-refractivity contribution is 7.17. The maximum Gasteiger partial charge on any atom is 0.158 e. The molecule has 0 spiro atoms. The van der Waals surface area contributed by atoms with E-state index in [9.17, 15) is 9.50 Å². The number of aliphatic hydroxyl groups is 1. The molecule has 6 nitrogen and oxygen atoms in total. The van der Waals surface area contributed by atoms with Gasteiger partial charge in [0.25, 0.3) is 0 Å². The highest BCUT2D eigenvalue weighted by Gasteiger charge is 2.25. The summed E-state index contributed by atoms with van der Waals surface area (Å²) in [6, 6.07) is 7.19. The summed E-state index contributed by atoms with van der Waals surface area (Å²) in [4.78, 5) is 4.22. The van der Waals surface area contributed by atoms with E-state index in [0.717, 1.165) is 21.0 Å². The molecule has 0 aliphatic carbocycles. The molecule has 4 aromatic rings. The van der Waals surface area contributed by atoms with Crippen LogP contribution in [-0.2, 0) is 4.74 Å². The molecule has 0 radical (unpaired) electrons. The number of anilines is 1. The zero-order chi connectivity index (χ0) is 19.1. The molecule has 2 atom stereocenters. The Labute approximate surface area is 164 Å². The normalized spacial score (nSPS) is 19.9. The van der Waals surface area contributed by atoms with Gasteiger partial charge in [0, 0.05) is 50.8 Å². The quantitative estimate of drug-likeness (QED) is 0.551. The minimum absolute atomic E-state index is 0.209. The number of aliphatic hydroxyl groups excluding tert-OH is 1. The Bertz CT molecular complexity index is 1170. The Morgan fingerprint density at radius 2 is 2.11 bits per heavy atom. The molecule has 4 heterocycles. The second-order valence-corrected chi connectivity index (χ2v) is 7.71. The highest BCUT2D eigenvalue weighted by Crippen LogP contribution is 2.33. The van der Waals surface area contributed by atoms with Crippen LogP contribution >= 0.6 is 11.3 Å². The van der Waals surface area contributed by atoms with Crippen LogP contribution in [0.2, 0.25) is 0 Å². The molecule has 1 aliphatic rings. The summed E-state index contributed by atoms with van der Waals surface area (Å²) in [5.41, 5.74) is 1.57. The van der Waals surface area contributed by atoms with Gasteiger partial charge in [-0.25, -0.2) is 4.39 Å². The number of hydrogen-bond acceptors (Lipinski definition) is 7. The maximum atomic E-state index is 13.8. The van der Waals surface area contributed by atoms with Crippen molar-refractivity contribution in [2.75, 3.05) is 18.5 Å². The molecule has 0 saturated carbocycles. The Hall–Kier alpha value is -2.68. The van der Waals surface area contributed by atoms with Gasteiger partial charge in [0.1, 0.15) is 11.5 Å². The van der Waals surface area contributed by atoms with Crippen molar-refractivity contribution in [3.63, 3.8) is 0 Å². The first-order valence-corrected chi connectivity index (χ1v) is 9.88. The van der Waals surface area contributed by atoms with E-state index >= 15 is 0 Å². The van der Waals surface area contributed by atoms with E-state index in [-0.39, 0.29) is 11.9 Å². The molecular formula is C20H17FN4O2S. The van der Waals surface area contributed by atoms with Crippen LogP contribution in [0.25, 0.3) is 32.1 Å². The van der Waals surface area contributed by atoms with Gasteiger partial charge in [0.2, 0.25) is 0 Å². The predicted octanol–water partition coefficient (Wildman–Crippen LogP) is 3.61. The van der Waals surface area contributed by atoms with Crippen LogP contribution in [0.5, 0.6) is 0 Å². The fourth-order valence-corrected chi connectivity index (χ4v) is 4.35. The first kappa shape index (κ1) is 17.4. The standard InChI is InChI=1S/C20H17FN4O2S/c21-15-10-28-18-7-11(1-2-13(15)18)19-12-3-5-22-8-14(12)20(25-24-19)23-16-9-27-6-4-17(16)26/h1-3,5,7-8,10,16-17,26H,4,6,9H2,(H,23,25)/t16-,17-/m1/s1. The minimum Gasteiger partial charge on any atom is -0.391 e. The third kappa shape index (κ3) is 2.99. The first-order valence-electron chi connectivity index (χ1n) is 9.00. The molecular weight excluding hydrogens is 379 g/mol. The molecule has 0 unspecified atom stereocenters. The van der Waals surface area contributed by atoms with E-state index in [1.54, 1.807) is 18.5 Å².